The van der Waals surface area contributed by atoms with Gasteiger partial charge in [0, 0.05) is 0 Å². The predicted octanol–water partition coefficient (Wildman–Crippen LogP) is 1.47. The molecule has 0 fully saturated rings. The zero-order valence-electron chi connectivity index (χ0n) is 5.94. The lowest BCUT2D eigenvalue weighted by Gasteiger charge is -2.03. The van der Waals surface area contributed by atoms with Crippen LogP contribution in [0.15, 0.2) is 12.1 Å². The number of nitrogens with two attached hydrogens (primary N) is 1. The highest BCUT2D eigenvalue weighted by atomic mass is 35.5. The second kappa shape index (κ2) is 2.98. The molecule has 0 heterocycles. The summed E-state index contributed by atoms with van der Waals surface area (Å²) in [5.74, 6) is -1.43. The largest absolute Gasteiger partial charge is 0.506 e. The van der Waals surface area contributed by atoms with Crippen LogP contribution in [0.4, 0.5) is 4.39 Å². The highest BCUT2D eigenvalue weighted by Crippen LogP contribution is 2.27. The summed E-state index contributed by atoms with van der Waals surface area (Å²) in [4.78, 5) is 0. The summed E-state index contributed by atoms with van der Waals surface area (Å²) in [5.41, 5.74) is 4.95. The summed E-state index contributed by atoms with van der Waals surface area (Å²) < 4.78 is 12.6. The summed E-state index contributed by atoms with van der Waals surface area (Å²) in [6.07, 6.45) is 0. The van der Waals surface area contributed by atoms with Crippen LogP contribution in [-0.4, -0.2) is 10.9 Å². The van der Waals surface area contributed by atoms with Crippen molar-refractivity contribution in [3.63, 3.8) is 0 Å². The first-order chi connectivity index (χ1) is 5.52. The van der Waals surface area contributed by atoms with E-state index < -0.39 is 11.7 Å². The fourth-order valence-electron chi connectivity index (χ4n) is 0.771. The Labute approximate surface area is 73.1 Å². The van der Waals surface area contributed by atoms with E-state index in [9.17, 15) is 9.50 Å². The van der Waals surface area contributed by atoms with Gasteiger partial charge in [0.1, 0.15) is 17.4 Å². The number of hydrogen-bond acceptors (Lipinski definition) is 2. The van der Waals surface area contributed by atoms with Gasteiger partial charge in [-0.1, -0.05) is 11.6 Å². The standard InChI is InChI=1S/C7H6ClFN2O/c8-5-2-3(9)1-4(6(5)12)7(10)11/h1-2,12H,(H3,10,11). The molecule has 64 valence electrons. The number of aromatic hydroxyl groups is 1. The van der Waals surface area contributed by atoms with Crippen LogP contribution in [0.25, 0.3) is 0 Å². The van der Waals surface area contributed by atoms with Gasteiger partial charge in [0.15, 0.2) is 0 Å². The van der Waals surface area contributed by atoms with Crippen molar-refractivity contribution in [2.45, 2.75) is 0 Å². The van der Waals surface area contributed by atoms with Crippen molar-refractivity contribution in [2.75, 3.05) is 0 Å². The fourth-order valence-corrected chi connectivity index (χ4v) is 0.977. The van der Waals surface area contributed by atoms with Crippen molar-refractivity contribution in [3.05, 3.63) is 28.5 Å². The molecule has 0 aliphatic heterocycles. The molecule has 0 bridgehead atoms. The molecular formula is C7H6ClFN2O. The summed E-state index contributed by atoms with van der Waals surface area (Å²) in [6, 6.07) is 1.90. The van der Waals surface area contributed by atoms with Crippen molar-refractivity contribution >= 4 is 17.4 Å². The molecule has 0 aromatic heterocycles. The lowest BCUT2D eigenvalue weighted by atomic mass is 10.2. The monoisotopic (exact) mass is 188 g/mol. The molecule has 0 aliphatic rings. The minimum Gasteiger partial charge on any atom is -0.506 e. The topological polar surface area (TPSA) is 70.1 Å². The smallest absolute Gasteiger partial charge is 0.145 e. The van der Waals surface area contributed by atoms with Crippen molar-refractivity contribution in [2.24, 2.45) is 5.73 Å². The van der Waals surface area contributed by atoms with E-state index in [0.717, 1.165) is 12.1 Å². The summed E-state index contributed by atoms with van der Waals surface area (Å²) in [7, 11) is 0. The molecule has 4 N–H and O–H groups in total. The number of phenolic OH excluding ortho intramolecular Hbond substituents is 1. The Hall–Kier alpha value is -1.29. The van der Waals surface area contributed by atoms with Crippen molar-refractivity contribution < 1.29 is 9.50 Å². The highest BCUT2D eigenvalue weighted by Gasteiger charge is 2.10. The van der Waals surface area contributed by atoms with Crippen LogP contribution in [0, 0.1) is 11.2 Å². The molecule has 0 saturated heterocycles. The minimum atomic E-state index is -0.636. The molecule has 12 heavy (non-hydrogen) atoms. The average Bonchev–Trinajstić information content (AvgIpc) is 1.96. The van der Waals surface area contributed by atoms with E-state index in [4.69, 9.17) is 22.7 Å². The lowest BCUT2D eigenvalue weighted by Crippen LogP contribution is -2.11. The van der Waals surface area contributed by atoms with Gasteiger partial charge in [-0.3, -0.25) is 5.41 Å². The van der Waals surface area contributed by atoms with Gasteiger partial charge in [0.2, 0.25) is 0 Å². The lowest BCUT2D eigenvalue weighted by molar-refractivity contribution is 0.472. The molecule has 5 heteroatoms. The third-order valence-corrected chi connectivity index (χ3v) is 1.61. The Kier molecular flexibility index (Phi) is 2.19. The van der Waals surface area contributed by atoms with E-state index >= 15 is 0 Å². The van der Waals surface area contributed by atoms with Gasteiger partial charge >= 0.3 is 0 Å². The van der Waals surface area contributed by atoms with Gasteiger partial charge in [-0.25, -0.2) is 4.39 Å². The van der Waals surface area contributed by atoms with E-state index in [2.05, 4.69) is 0 Å². The van der Waals surface area contributed by atoms with Crippen LogP contribution >= 0.6 is 11.6 Å². The Morgan fingerprint density at radius 1 is 1.58 bits per heavy atom. The number of nitrogen functional groups attached to an aromatic ring is 1. The zero-order chi connectivity index (χ0) is 9.30. The van der Waals surface area contributed by atoms with E-state index in [1.54, 1.807) is 0 Å². The van der Waals surface area contributed by atoms with Crippen LogP contribution in [0.1, 0.15) is 5.56 Å². The summed E-state index contributed by atoms with van der Waals surface area (Å²) in [6.45, 7) is 0. The van der Waals surface area contributed by atoms with Gasteiger partial charge < -0.3 is 10.8 Å². The average molecular weight is 189 g/mol. The first kappa shape index (κ1) is 8.80. The zero-order valence-corrected chi connectivity index (χ0v) is 6.69. The van der Waals surface area contributed by atoms with Gasteiger partial charge in [-0.2, -0.15) is 0 Å². The quantitative estimate of drug-likeness (QED) is 0.461. The van der Waals surface area contributed by atoms with Crippen LogP contribution in [0.3, 0.4) is 0 Å². The Morgan fingerprint density at radius 3 is 2.67 bits per heavy atom. The number of hydrogen-bond donors (Lipinski definition) is 3. The number of phenols is 1. The third-order valence-electron chi connectivity index (χ3n) is 1.32. The van der Waals surface area contributed by atoms with Crippen molar-refractivity contribution in [1.29, 1.82) is 5.41 Å². The molecule has 0 saturated carbocycles. The fraction of sp³-hybridized carbons (Fsp3) is 0. The number of nitrogens with one attached hydrogen (secondary N) is 1. The third kappa shape index (κ3) is 1.48. The van der Waals surface area contributed by atoms with Crippen molar-refractivity contribution in [3.8, 4) is 5.75 Å². The van der Waals surface area contributed by atoms with Gasteiger partial charge in [0.05, 0.1) is 10.6 Å². The highest BCUT2D eigenvalue weighted by molar-refractivity contribution is 6.32. The molecule has 0 aliphatic carbocycles. The number of benzene rings is 1. The van der Waals surface area contributed by atoms with Crippen LogP contribution in [-0.2, 0) is 0 Å². The maximum atomic E-state index is 12.6. The number of amidine groups is 1. The van der Waals surface area contributed by atoms with Gasteiger partial charge in [-0.05, 0) is 12.1 Å². The Balaban J connectivity index is 3.37. The molecule has 0 atom stereocenters. The summed E-state index contributed by atoms with van der Waals surface area (Å²) >= 11 is 5.42. The van der Waals surface area contributed by atoms with E-state index in [1.807, 2.05) is 0 Å². The first-order valence-corrected chi connectivity index (χ1v) is 3.42. The number of rotatable bonds is 1. The molecule has 1 aromatic carbocycles. The second-order valence-corrected chi connectivity index (χ2v) is 2.60. The summed E-state index contributed by atoms with van der Waals surface area (Å²) in [5, 5.41) is 16.0. The maximum Gasteiger partial charge on any atom is 0.145 e. The van der Waals surface area contributed by atoms with Crippen LogP contribution < -0.4 is 5.73 Å². The molecule has 0 unspecified atom stereocenters. The maximum absolute atomic E-state index is 12.6. The van der Waals surface area contributed by atoms with E-state index in [1.165, 1.54) is 0 Å². The molecule has 0 spiro atoms. The SMILES string of the molecule is N=C(N)c1cc(F)cc(Cl)c1O. The molecule has 0 amide bonds. The Bertz CT molecular complexity index is 340. The van der Waals surface area contributed by atoms with Gasteiger partial charge in [-0.15, -0.1) is 0 Å². The first-order valence-electron chi connectivity index (χ1n) is 3.04. The van der Waals surface area contributed by atoms with Crippen LogP contribution in [0.5, 0.6) is 5.75 Å². The molecule has 1 rings (SSSR count). The van der Waals surface area contributed by atoms with Crippen LogP contribution in [0.2, 0.25) is 5.02 Å². The molecule has 1 aromatic rings. The van der Waals surface area contributed by atoms with E-state index in [-0.39, 0.29) is 16.3 Å². The van der Waals surface area contributed by atoms with Gasteiger partial charge in [0.25, 0.3) is 0 Å². The Morgan fingerprint density at radius 2 is 2.17 bits per heavy atom. The second-order valence-electron chi connectivity index (χ2n) is 2.20. The predicted molar refractivity (Wildman–Crippen MR) is 44.1 cm³/mol. The van der Waals surface area contributed by atoms with E-state index in [0.29, 0.717) is 0 Å². The van der Waals surface area contributed by atoms with Crippen molar-refractivity contribution in [1.82, 2.24) is 0 Å². The number of halogens is 2. The molecule has 3 nitrogen and oxygen atoms in total. The molecule has 0 radical (unpaired) electrons. The minimum absolute atomic E-state index is 0.0972. The molecular weight excluding hydrogens is 183 g/mol. The normalized spacial score (nSPS) is 9.83.